The molecule has 10 heteroatoms. The summed E-state index contributed by atoms with van der Waals surface area (Å²) in [5, 5.41) is 1.33. The van der Waals surface area contributed by atoms with Gasteiger partial charge in [0.2, 0.25) is 10.0 Å². The van der Waals surface area contributed by atoms with E-state index < -0.39 is 10.0 Å². The van der Waals surface area contributed by atoms with Crippen LogP contribution in [0, 0.1) is 0 Å². The molecule has 0 atom stereocenters. The third-order valence-corrected chi connectivity index (χ3v) is 6.98. The number of hydrogen-bond donors (Lipinski definition) is 1. The minimum Gasteiger partial charge on any atom is -0.294 e. The second kappa shape index (κ2) is 7.73. The van der Waals surface area contributed by atoms with E-state index in [1.165, 1.54) is 23.9 Å². The Morgan fingerprint density at radius 2 is 1.88 bits per heavy atom. The van der Waals surface area contributed by atoms with E-state index in [0.29, 0.717) is 5.75 Å². The zero-order valence-corrected chi connectivity index (χ0v) is 16.5. The molecule has 0 saturated carbocycles. The standard InChI is InChI=1S/C15H12Cl3N3O2S2/c16-10-8-12(18)13(9-11(10)17)25(22,23)20-5-7-24-15-3-1-2-14-19-4-6-21(14)15/h1-4,6,8-9,20H,5,7H2. The number of thioether (sulfide) groups is 1. The number of sulfonamides is 1. The number of fused-ring (bicyclic) bond motifs is 1. The molecular formula is C15H12Cl3N3O2S2. The summed E-state index contributed by atoms with van der Waals surface area (Å²) >= 11 is 19.2. The predicted octanol–water partition coefficient (Wildman–Crippen LogP) is 4.37. The van der Waals surface area contributed by atoms with Gasteiger partial charge in [0, 0.05) is 24.7 Å². The van der Waals surface area contributed by atoms with Crippen LogP contribution in [0.15, 0.2) is 52.6 Å². The van der Waals surface area contributed by atoms with Crippen LogP contribution in [0.2, 0.25) is 15.1 Å². The summed E-state index contributed by atoms with van der Waals surface area (Å²) in [5.74, 6) is 0.537. The number of benzene rings is 1. The zero-order chi connectivity index (χ0) is 18.0. The first-order valence-electron chi connectivity index (χ1n) is 7.07. The summed E-state index contributed by atoms with van der Waals surface area (Å²) in [5.41, 5.74) is 0.841. The molecule has 1 N–H and O–H groups in total. The maximum atomic E-state index is 12.4. The summed E-state index contributed by atoms with van der Waals surface area (Å²) < 4.78 is 29.2. The molecule has 0 radical (unpaired) electrons. The number of aromatic nitrogens is 2. The van der Waals surface area contributed by atoms with Crippen molar-refractivity contribution >= 4 is 62.2 Å². The highest BCUT2D eigenvalue weighted by Crippen LogP contribution is 2.31. The van der Waals surface area contributed by atoms with Crippen molar-refractivity contribution in [2.24, 2.45) is 0 Å². The summed E-state index contributed by atoms with van der Waals surface area (Å²) in [7, 11) is -3.77. The number of halogens is 3. The van der Waals surface area contributed by atoms with E-state index >= 15 is 0 Å². The Hall–Kier alpha value is -0.960. The molecule has 5 nitrogen and oxygen atoms in total. The van der Waals surface area contributed by atoms with Crippen LogP contribution in [0.1, 0.15) is 0 Å². The lowest BCUT2D eigenvalue weighted by Gasteiger charge is -2.10. The van der Waals surface area contributed by atoms with Crippen LogP contribution in [0.4, 0.5) is 0 Å². The fraction of sp³-hybridized carbons (Fsp3) is 0.133. The van der Waals surface area contributed by atoms with Gasteiger partial charge in [0.25, 0.3) is 0 Å². The van der Waals surface area contributed by atoms with Crippen LogP contribution >= 0.6 is 46.6 Å². The van der Waals surface area contributed by atoms with Crippen LogP contribution < -0.4 is 4.72 Å². The highest BCUT2D eigenvalue weighted by Gasteiger charge is 2.19. The lowest BCUT2D eigenvalue weighted by molar-refractivity contribution is 0.584. The smallest absolute Gasteiger partial charge is 0.242 e. The van der Waals surface area contributed by atoms with E-state index in [4.69, 9.17) is 34.8 Å². The van der Waals surface area contributed by atoms with Crippen molar-refractivity contribution in [1.29, 1.82) is 0 Å². The SMILES string of the molecule is O=S(=O)(NCCSc1cccc2nccn12)c1cc(Cl)c(Cl)cc1Cl. The number of rotatable bonds is 6. The number of hydrogen-bond acceptors (Lipinski definition) is 4. The minimum atomic E-state index is -3.77. The molecule has 0 aliphatic carbocycles. The van der Waals surface area contributed by atoms with Gasteiger partial charge in [0.05, 0.1) is 20.1 Å². The van der Waals surface area contributed by atoms with Crippen molar-refractivity contribution in [2.75, 3.05) is 12.3 Å². The van der Waals surface area contributed by atoms with Gasteiger partial charge < -0.3 is 0 Å². The molecule has 0 unspecified atom stereocenters. The van der Waals surface area contributed by atoms with E-state index in [1.807, 2.05) is 28.8 Å². The monoisotopic (exact) mass is 435 g/mol. The Kier molecular flexibility index (Phi) is 5.82. The summed E-state index contributed by atoms with van der Waals surface area (Å²) in [6.07, 6.45) is 3.58. The maximum absolute atomic E-state index is 12.4. The van der Waals surface area contributed by atoms with Gasteiger partial charge in [-0.25, -0.2) is 18.1 Å². The average Bonchev–Trinajstić information content (AvgIpc) is 3.04. The van der Waals surface area contributed by atoms with Crippen LogP contribution in [0.25, 0.3) is 5.65 Å². The van der Waals surface area contributed by atoms with E-state index in [0.717, 1.165) is 10.7 Å². The molecule has 2 heterocycles. The summed E-state index contributed by atoms with van der Waals surface area (Å²) in [6, 6.07) is 8.31. The maximum Gasteiger partial charge on any atom is 0.242 e. The van der Waals surface area contributed by atoms with Crippen LogP contribution in [-0.2, 0) is 10.0 Å². The van der Waals surface area contributed by atoms with E-state index in [9.17, 15) is 8.42 Å². The molecule has 0 spiro atoms. The predicted molar refractivity (Wildman–Crippen MR) is 103 cm³/mol. The third-order valence-electron chi connectivity index (χ3n) is 3.30. The molecule has 0 amide bonds. The van der Waals surface area contributed by atoms with Crippen molar-refractivity contribution in [2.45, 2.75) is 9.92 Å². The normalized spacial score (nSPS) is 12.0. The first-order chi connectivity index (χ1) is 11.9. The van der Waals surface area contributed by atoms with Crippen LogP contribution in [-0.4, -0.2) is 30.1 Å². The van der Waals surface area contributed by atoms with Crippen molar-refractivity contribution in [1.82, 2.24) is 14.1 Å². The van der Waals surface area contributed by atoms with Gasteiger partial charge in [0.1, 0.15) is 10.5 Å². The first-order valence-corrected chi connectivity index (χ1v) is 10.7. The van der Waals surface area contributed by atoms with Gasteiger partial charge in [-0.3, -0.25) is 4.40 Å². The van der Waals surface area contributed by atoms with Gasteiger partial charge in [0.15, 0.2) is 0 Å². The molecular weight excluding hydrogens is 425 g/mol. The largest absolute Gasteiger partial charge is 0.294 e. The number of nitrogens with zero attached hydrogens (tertiary/aromatic N) is 2. The molecule has 3 rings (SSSR count). The molecule has 2 aromatic heterocycles. The molecule has 0 saturated heterocycles. The third kappa shape index (κ3) is 4.24. The van der Waals surface area contributed by atoms with E-state index in [-0.39, 0.29) is 26.5 Å². The van der Waals surface area contributed by atoms with Crippen LogP contribution in [0.5, 0.6) is 0 Å². The molecule has 3 aromatic rings. The molecule has 1 aromatic carbocycles. The van der Waals surface area contributed by atoms with Gasteiger partial charge in [-0.1, -0.05) is 40.9 Å². The summed E-state index contributed by atoms with van der Waals surface area (Å²) in [6.45, 7) is 0.231. The zero-order valence-electron chi connectivity index (χ0n) is 12.6. The van der Waals surface area contributed by atoms with Crippen molar-refractivity contribution in [3.8, 4) is 0 Å². The lowest BCUT2D eigenvalue weighted by Crippen LogP contribution is -2.26. The lowest BCUT2D eigenvalue weighted by atomic mass is 10.4. The number of imidazole rings is 1. The number of pyridine rings is 1. The highest BCUT2D eigenvalue weighted by atomic mass is 35.5. The van der Waals surface area contributed by atoms with E-state index in [1.54, 1.807) is 6.20 Å². The first kappa shape index (κ1) is 18.8. The molecule has 25 heavy (non-hydrogen) atoms. The Balaban J connectivity index is 1.65. The van der Waals surface area contributed by atoms with Gasteiger partial charge in [-0.15, -0.1) is 11.8 Å². The quantitative estimate of drug-likeness (QED) is 0.354. The highest BCUT2D eigenvalue weighted by molar-refractivity contribution is 7.99. The molecule has 0 fully saturated rings. The minimum absolute atomic E-state index is 0.0257. The Bertz CT molecular complexity index is 1020. The van der Waals surface area contributed by atoms with Crippen molar-refractivity contribution in [3.05, 3.63) is 57.8 Å². The molecule has 132 valence electrons. The fourth-order valence-electron chi connectivity index (χ4n) is 2.16. The molecule has 0 bridgehead atoms. The van der Waals surface area contributed by atoms with E-state index in [2.05, 4.69) is 9.71 Å². The van der Waals surface area contributed by atoms with Crippen molar-refractivity contribution < 1.29 is 8.42 Å². The van der Waals surface area contributed by atoms with Crippen LogP contribution in [0.3, 0.4) is 0 Å². The topological polar surface area (TPSA) is 63.5 Å². The Morgan fingerprint density at radius 1 is 1.12 bits per heavy atom. The van der Waals surface area contributed by atoms with Gasteiger partial charge in [-0.2, -0.15) is 0 Å². The second-order valence-corrected chi connectivity index (χ2v) is 9.03. The molecule has 0 aliphatic heterocycles. The van der Waals surface area contributed by atoms with Crippen molar-refractivity contribution in [3.63, 3.8) is 0 Å². The Morgan fingerprint density at radius 3 is 2.68 bits per heavy atom. The molecule has 0 aliphatic rings. The Labute approximate surface area is 164 Å². The van der Waals surface area contributed by atoms with Gasteiger partial charge >= 0.3 is 0 Å². The number of nitrogens with one attached hydrogen (secondary N) is 1. The second-order valence-electron chi connectivity index (χ2n) is 4.96. The average molecular weight is 437 g/mol. The fourth-order valence-corrected chi connectivity index (χ4v) is 5.20. The van der Waals surface area contributed by atoms with Gasteiger partial charge in [-0.05, 0) is 24.3 Å². The summed E-state index contributed by atoms with van der Waals surface area (Å²) in [4.78, 5) is 4.12.